The Hall–Kier alpha value is -1.64. The summed E-state index contributed by atoms with van der Waals surface area (Å²) in [4.78, 5) is 2.59. The minimum atomic E-state index is -0.0221. The van der Waals surface area contributed by atoms with E-state index < -0.39 is 0 Å². The number of rotatable bonds is 8. The summed E-state index contributed by atoms with van der Waals surface area (Å²) in [5.41, 5.74) is 9.03. The van der Waals surface area contributed by atoms with Gasteiger partial charge in [-0.05, 0) is 23.0 Å². The van der Waals surface area contributed by atoms with Crippen molar-refractivity contribution in [1.29, 1.82) is 0 Å². The molecule has 2 nitrogen and oxygen atoms in total. The van der Waals surface area contributed by atoms with Gasteiger partial charge in [-0.3, -0.25) is 4.90 Å². The van der Waals surface area contributed by atoms with E-state index in [1.165, 1.54) is 11.1 Å². The van der Waals surface area contributed by atoms with Crippen molar-refractivity contribution in [3.05, 3.63) is 71.8 Å². The van der Waals surface area contributed by atoms with Crippen molar-refractivity contribution in [1.82, 2.24) is 4.90 Å². The summed E-state index contributed by atoms with van der Waals surface area (Å²) in [6.07, 6.45) is 0. The molecule has 24 heavy (non-hydrogen) atoms. The van der Waals surface area contributed by atoms with Crippen LogP contribution < -0.4 is 5.73 Å². The van der Waals surface area contributed by atoms with Gasteiger partial charge in [0.15, 0.2) is 0 Å². The van der Waals surface area contributed by atoms with Gasteiger partial charge in [-0.1, -0.05) is 88.4 Å². The Bertz CT molecular complexity index is 540. The first-order valence-electron chi connectivity index (χ1n) is 9.03. The zero-order chi connectivity index (χ0) is 17.6. The molecule has 2 aromatic carbocycles. The average molecular weight is 325 g/mol. The maximum absolute atomic E-state index is 6.38. The largest absolute Gasteiger partial charge is 0.329 e. The number of nitrogens with zero attached hydrogens (tertiary/aromatic N) is 1. The quantitative estimate of drug-likeness (QED) is 0.762. The van der Waals surface area contributed by atoms with E-state index in [9.17, 15) is 0 Å². The summed E-state index contributed by atoms with van der Waals surface area (Å²) in [6.45, 7) is 11.7. The fourth-order valence-corrected chi connectivity index (χ4v) is 3.96. The standard InChI is InChI=1S/C22H32N2/c1-18(2)22(17-23,19(3)4)24(15-20-11-7-5-8-12-20)16-21-13-9-6-10-14-21/h5-14,18-19H,15-17,23H2,1-4H3. The highest BCUT2D eigenvalue weighted by Gasteiger charge is 2.41. The van der Waals surface area contributed by atoms with Gasteiger partial charge in [0.2, 0.25) is 0 Å². The first-order chi connectivity index (χ1) is 11.5. The lowest BCUT2D eigenvalue weighted by Gasteiger charge is -2.50. The van der Waals surface area contributed by atoms with Gasteiger partial charge < -0.3 is 5.73 Å². The van der Waals surface area contributed by atoms with Crippen LogP contribution in [0, 0.1) is 11.8 Å². The molecule has 0 radical (unpaired) electrons. The van der Waals surface area contributed by atoms with E-state index >= 15 is 0 Å². The van der Waals surface area contributed by atoms with Gasteiger partial charge in [-0.15, -0.1) is 0 Å². The lowest BCUT2D eigenvalue weighted by atomic mass is 9.75. The van der Waals surface area contributed by atoms with Crippen molar-refractivity contribution in [2.24, 2.45) is 17.6 Å². The Morgan fingerprint density at radius 1 is 0.750 bits per heavy atom. The summed E-state index contributed by atoms with van der Waals surface area (Å²) in [6, 6.07) is 21.4. The molecule has 0 atom stereocenters. The van der Waals surface area contributed by atoms with Crippen LogP contribution in [0.25, 0.3) is 0 Å². The van der Waals surface area contributed by atoms with E-state index in [0.717, 1.165) is 13.1 Å². The molecule has 130 valence electrons. The van der Waals surface area contributed by atoms with Crippen molar-refractivity contribution in [3.63, 3.8) is 0 Å². The third kappa shape index (κ3) is 4.06. The molecular formula is C22H32N2. The molecule has 0 aliphatic carbocycles. The topological polar surface area (TPSA) is 29.3 Å². The Labute approximate surface area is 147 Å². The zero-order valence-electron chi connectivity index (χ0n) is 15.6. The molecule has 0 unspecified atom stereocenters. The Morgan fingerprint density at radius 3 is 1.42 bits per heavy atom. The number of benzene rings is 2. The van der Waals surface area contributed by atoms with E-state index in [0.29, 0.717) is 18.4 Å². The summed E-state index contributed by atoms with van der Waals surface area (Å²) < 4.78 is 0. The molecule has 0 saturated heterocycles. The average Bonchev–Trinajstić information content (AvgIpc) is 2.57. The van der Waals surface area contributed by atoms with Crippen LogP contribution >= 0.6 is 0 Å². The first kappa shape index (κ1) is 18.7. The van der Waals surface area contributed by atoms with Crippen molar-refractivity contribution in [2.45, 2.75) is 46.3 Å². The number of hydrogen-bond donors (Lipinski definition) is 1. The van der Waals surface area contributed by atoms with Crippen molar-refractivity contribution in [3.8, 4) is 0 Å². The summed E-state index contributed by atoms with van der Waals surface area (Å²) in [5, 5.41) is 0. The minimum Gasteiger partial charge on any atom is -0.329 e. The van der Waals surface area contributed by atoms with E-state index in [-0.39, 0.29) is 5.54 Å². The third-order valence-corrected chi connectivity index (χ3v) is 5.35. The number of nitrogens with two attached hydrogens (primary N) is 1. The van der Waals surface area contributed by atoms with Crippen LogP contribution in [0.2, 0.25) is 0 Å². The van der Waals surface area contributed by atoms with Gasteiger partial charge in [-0.25, -0.2) is 0 Å². The van der Waals surface area contributed by atoms with E-state index in [1.807, 2.05) is 0 Å². The lowest BCUT2D eigenvalue weighted by molar-refractivity contribution is -0.00344. The fraction of sp³-hybridized carbons (Fsp3) is 0.455. The summed E-state index contributed by atoms with van der Waals surface area (Å²) in [7, 11) is 0. The van der Waals surface area contributed by atoms with Crippen LogP contribution in [0.4, 0.5) is 0 Å². The second-order valence-corrected chi connectivity index (χ2v) is 7.33. The van der Waals surface area contributed by atoms with Crippen molar-refractivity contribution < 1.29 is 0 Å². The highest BCUT2D eigenvalue weighted by atomic mass is 15.2. The Morgan fingerprint density at radius 2 is 1.12 bits per heavy atom. The second-order valence-electron chi connectivity index (χ2n) is 7.33. The van der Waals surface area contributed by atoms with Gasteiger partial charge in [0.25, 0.3) is 0 Å². The van der Waals surface area contributed by atoms with Crippen LogP contribution in [0.15, 0.2) is 60.7 Å². The first-order valence-corrected chi connectivity index (χ1v) is 9.03. The van der Waals surface area contributed by atoms with E-state index in [1.54, 1.807) is 0 Å². The SMILES string of the molecule is CC(C)C(CN)(C(C)C)N(Cc1ccccc1)Cc1ccccc1. The van der Waals surface area contributed by atoms with Gasteiger partial charge in [0.1, 0.15) is 0 Å². The van der Waals surface area contributed by atoms with Crippen LogP contribution in [-0.2, 0) is 13.1 Å². The van der Waals surface area contributed by atoms with Crippen LogP contribution in [0.5, 0.6) is 0 Å². The number of hydrogen-bond acceptors (Lipinski definition) is 2. The highest BCUT2D eigenvalue weighted by Crippen LogP contribution is 2.34. The maximum Gasteiger partial charge on any atom is 0.0384 e. The van der Waals surface area contributed by atoms with E-state index in [4.69, 9.17) is 5.73 Å². The van der Waals surface area contributed by atoms with Gasteiger partial charge in [-0.2, -0.15) is 0 Å². The molecule has 0 spiro atoms. The minimum absolute atomic E-state index is 0.0221. The van der Waals surface area contributed by atoms with Crippen LogP contribution in [0.3, 0.4) is 0 Å². The molecule has 2 aromatic rings. The van der Waals surface area contributed by atoms with Crippen LogP contribution in [-0.4, -0.2) is 17.0 Å². The Balaban J connectivity index is 2.40. The normalized spacial score (nSPS) is 12.3. The van der Waals surface area contributed by atoms with Gasteiger partial charge in [0.05, 0.1) is 0 Å². The van der Waals surface area contributed by atoms with Crippen molar-refractivity contribution >= 4 is 0 Å². The van der Waals surface area contributed by atoms with E-state index in [2.05, 4.69) is 93.3 Å². The van der Waals surface area contributed by atoms with Crippen LogP contribution in [0.1, 0.15) is 38.8 Å². The molecule has 0 saturated carbocycles. The smallest absolute Gasteiger partial charge is 0.0384 e. The molecule has 0 heterocycles. The van der Waals surface area contributed by atoms with Gasteiger partial charge in [0, 0.05) is 25.2 Å². The molecule has 0 fully saturated rings. The summed E-state index contributed by atoms with van der Waals surface area (Å²) in [5.74, 6) is 0.963. The molecule has 2 heteroatoms. The van der Waals surface area contributed by atoms with Gasteiger partial charge >= 0.3 is 0 Å². The predicted octanol–water partition coefficient (Wildman–Crippen LogP) is 4.70. The molecule has 0 bridgehead atoms. The molecule has 0 aliphatic rings. The van der Waals surface area contributed by atoms with Crippen molar-refractivity contribution in [2.75, 3.05) is 6.54 Å². The highest BCUT2D eigenvalue weighted by molar-refractivity contribution is 5.18. The monoisotopic (exact) mass is 324 g/mol. The lowest BCUT2D eigenvalue weighted by Crippen LogP contribution is -2.60. The third-order valence-electron chi connectivity index (χ3n) is 5.35. The fourth-order valence-electron chi connectivity index (χ4n) is 3.96. The maximum atomic E-state index is 6.38. The Kier molecular flexibility index (Phi) is 6.59. The molecule has 0 aromatic heterocycles. The molecule has 2 N–H and O–H groups in total. The predicted molar refractivity (Wildman–Crippen MR) is 104 cm³/mol. The summed E-state index contributed by atoms with van der Waals surface area (Å²) >= 11 is 0. The molecular weight excluding hydrogens is 292 g/mol. The zero-order valence-corrected chi connectivity index (χ0v) is 15.6. The molecule has 0 amide bonds. The molecule has 2 rings (SSSR count). The molecule has 0 aliphatic heterocycles. The second kappa shape index (κ2) is 8.46.